The summed E-state index contributed by atoms with van der Waals surface area (Å²) in [5.41, 5.74) is 2.46. The van der Waals surface area contributed by atoms with Crippen LogP contribution in [0.4, 0.5) is 0 Å². The number of rotatable bonds is 7. The van der Waals surface area contributed by atoms with Crippen LogP contribution < -0.4 is 14.2 Å². The average Bonchev–Trinajstić information content (AvgIpc) is 3.09. The Bertz CT molecular complexity index is 947. The summed E-state index contributed by atoms with van der Waals surface area (Å²) in [6, 6.07) is 10.6. The van der Waals surface area contributed by atoms with Crippen LogP contribution in [-0.2, 0) is 6.42 Å². The van der Waals surface area contributed by atoms with Gasteiger partial charge in [0.1, 0.15) is 5.75 Å². The van der Waals surface area contributed by atoms with Gasteiger partial charge in [-0.05, 0) is 56.4 Å². The van der Waals surface area contributed by atoms with Gasteiger partial charge in [0.2, 0.25) is 0 Å². The largest absolute Gasteiger partial charge is 0.493 e. The van der Waals surface area contributed by atoms with Gasteiger partial charge in [0.25, 0.3) is 0 Å². The zero-order chi connectivity index (χ0) is 19.4. The Hall–Kier alpha value is -2.99. The van der Waals surface area contributed by atoms with E-state index in [9.17, 15) is 4.79 Å². The molecule has 0 aliphatic heterocycles. The highest BCUT2D eigenvalue weighted by molar-refractivity contribution is 5.96. The van der Waals surface area contributed by atoms with Gasteiger partial charge in [-0.1, -0.05) is 6.07 Å². The van der Waals surface area contributed by atoms with Gasteiger partial charge in [0, 0.05) is 23.6 Å². The molecular formula is C21H24N2O4. The summed E-state index contributed by atoms with van der Waals surface area (Å²) in [7, 11) is 7.15. The lowest BCUT2D eigenvalue weighted by Crippen LogP contribution is -2.15. The second-order valence-electron chi connectivity index (χ2n) is 6.51. The fourth-order valence-electron chi connectivity index (χ4n) is 2.97. The Kier molecular flexibility index (Phi) is 5.66. The maximum atomic E-state index is 12.7. The Morgan fingerprint density at radius 1 is 1.04 bits per heavy atom. The number of carbonyl (C=O) groups is 1. The van der Waals surface area contributed by atoms with Gasteiger partial charge in [-0.25, -0.2) is 4.79 Å². The van der Waals surface area contributed by atoms with Crippen LogP contribution in [0.15, 0.2) is 42.6 Å². The number of ether oxygens (including phenoxy) is 3. The van der Waals surface area contributed by atoms with Crippen LogP contribution in [0.25, 0.3) is 10.9 Å². The summed E-state index contributed by atoms with van der Waals surface area (Å²) in [5, 5.41) is 0.938. The molecule has 0 unspecified atom stereocenters. The zero-order valence-electron chi connectivity index (χ0n) is 16.0. The number of aromatic nitrogens is 1. The Morgan fingerprint density at radius 2 is 1.81 bits per heavy atom. The predicted octanol–water partition coefficient (Wildman–Crippen LogP) is 3.51. The highest BCUT2D eigenvalue weighted by atomic mass is 16.5. The minimum absolute atomic E-state index is 0.398. The van der Waals surface area contributed by atoms with E-state index in [1.54, 1.807) is 25.3 Å². The second kappa shape index (κ2) is 8.14. The number of aromatic amines is 1. The van der Waals surface area contributed by atoms with E-state index in [0.29, 0.717) is 22.8 Å². The normalized spacial score (nSPS) is 11.0. The molecule has 0 aliphatic carbocycles. The first kappa shape index (κ1) is 18.8. The quantitative estimate of drug-likeness (QED) is 0.511. The van der Waals surface area contributed by atoms with Crippen molar-refractivity contribution >= 4 is 16.9 Å². The predicted molar refractivity (Wildman–Crippen MR) is 105 cm³/mol. The molecule has 0 saturated heterocycles. The van der Waals surface area contributed by atoms with Crippen molar-refractivity contribution in [3.63, 3.8) is 0 Å². The van der Waals surface area contributed by atoms with E-state index >= 15 is 0 Å². The van der Waals surface area contributed by atoms with Crippen molar-refractivity contribution in [2.45, 2.75) is 6.42 Å². The summed E-state index contributed by atoms with van der Waals surface area (Å²) in [5.74, 6) is 1.15. The van der Waals surface area contributed by atoms with E-state index in [1.165, 1.54) is 7.11 Å². The molecule has 142 valence electrons. The van der Waals surface area contributed by atoms with Gasteiger partial charge in [-0.15, -0.1) is 0 Å². The molecule has 1 N–H and O–H groups in total. The maximum Gasteiger partial charge on any atom is 0.343 e. The maximum absolute atomic E-state index is 12.7. The molecule has 0 spiro atoms. The molecule has 0 atom stereocenters. The lowest BCUT2D eigenvalue weighted by Gasteiger charge is -2.11. The van der Waals surface area contributed by atoms with Crippen LogP contribution in [-0.4, -0.2) is 50.7 Å². The number of hydrogen-bond donors (Lipinski definition) is 1. The number of nitrogens with zero attached hydrogens (tertiary/aromatic N) is 1. The second-order valence-corrected chi connectivity index (χ2v) is 6.51. The molecule has 6 nitrogen and oxygen atoms in total. The van der Waals surface area contributed by atoms with Crippen molar-refractivity contribution in [2.75, 3.05) is 34.9 Å². The topological polar surface area (TPSA) is 63.8 Å². The molecule has 0 bridgehead atoms. The van der Waals surface area contributed by atoms with E-state index < -0.39 is 5.97 Å². The van der Waals surface area contributed by atoms with E-state index in [1.807, 2.05) is 38.5 Å². The van der Waals surface area contributed by atoms with Gasteiger partial charge in [0.15, 0.2) is 11.5 Å². The third-order valence-electron chi connectivity index (χ3n) is 4.40. The number of carbonyl (C=O) groups excluding carboxylic acids is 1. The van der Waals surface area contributed by atoms with E-state index in [2.05, 4.69) is 9.88 Å². The first-order valence-corrected chi connectivity index (χ1v) is 8.71. The third-order valence-corrected chi connectivity index (χ3v) is 4.40. The van der Waals surface area contributed by atoms with Crippen LogP contribution >= 0.6 is 0 Å². The minimum Gasteiger partial charge on any atom is -0.493 e. The number of likely N-dealkylation sites (N-methyl/N-ethyl adjacent to an activating group) is 1. The van der Waals surface area contributed by atoms with Gasteiger partial charge in [-0.3, -0.25) is 0 Å². The van der Waals surface area contributed by atoms with Crippen LogP contribution in [0, 0.1) is 0 Å². The molecule has 0 aliphatic rings. The summed E-state index contributed by atoms with van der Waals surface area (Å²) in [4.78, 5) is 18.1. The molecule has 6 heteroatoms. The molecular weight excluding hydrogens is 344 g/mol. The average molecular weight is 368 g/mol. The zero-order valence-corrected chi connectivity index (χ0v) is 16.0. The third kappa shape index (κ3) is 4.06. The van der Waals surface area contributed by atoms with Crippen molar-refractivity contribution in [1.82, 2.24) is 9.88 Å². The lowest BCUT2D eigenvalue weighted by molar-refractivity contribution is 0.0736. The number of esters is 1. The lowest BCUT2D eigenvalue weighted by atomic mass is 10.1. The number of H-pyrrole nitrogens is 1. The number of hydrogen-bond acceptors (Lipinski definition) is 5. The van der Waals surface area contributed by atoms with Gasteiger partial charge in [-0.2, -0.15) is 0 Å². The van der Waals surface area contributed by atoms with Gasteiger partial charge >= 0.3 is 5.97 Å². The summed E-state index contributed by atoms with van der Waals surface area (Å²) >= 11 is 0. The number of fused-ring (bicyclic) bond motifs is 1. The molecule has 1 heterocycles. The summed E-state index contributed by atoms with van der Waals surface area (Å²) in [6.07, 6.45) is 2.83. The Balaban J connectivity index is 1.90. The highest BCUT2D eigenvalue weighted by Gasteiger charge is 2.16. The van der Waals surface area contributed by atoms with Crippen LogP contribution in [0.5, 0.6) is 17.2 Å². The Labute approximate surface area is 158 Å². The number of methoxy groups -OCH3 is 2. The monoisotopic (exact) mass is 368 g/mol. The molecule has 3 rings (SSSR count). The first-order chi connectivity index (χ1) is 13.0. The van der Waals surface area contributed by atoms with Crippen LogP contribution in [0.3, 0.4) is 0 Å². The van der Waals surface area contributed by atoms with Crippen molar-refractivity contribution < 1.29 is 19.0 Å². The molecule has 2 aromatic carbocycles. The van der Waals surface area contributed by atoms with Gasteiger partial charge in [0.05, 0.1) is 19.8 Å². The summed E-state index contributed by atoms with van der Waals surface area (Å²) < 4.78 is 16.2. The number of nitrogens with one attached hydrogen (secondary N) is 1. The van der Waals surface area contributed by atoms with E-state index in [0.717, 1.165) is 29.4 Å². The Morgan fingerprint density at radius 3 is 2.52 bits per heavy atom. The first-order valence-electron chi connectivity index (χ1n) is 8.71. The van der Waals surface area contributed by atoms with Crippen LogP contribution in [0.2, 0.25) is 0 Å². The minimum atomic E-state index is -0.441. The molecule has 0 radical (unpaired) electrons. The van der Waals surface area contributed by atoms with E-state index in [-0.39, 0.29) is 0 Å². The highest BCUT2D eigenvalue weighted by Crippen LogP contribution is 2.31. The molecule has 0 saturated carbocycles. The van der Waals surface area contributed by atoms with Crippen molar-refractivity contribution in [2.24, 2.45) is 0 Å². The fraction of sp³-hybridized carbons (Fsp3) is 0.286. The SMILES string of the molecule is COc1ccc(C(=O)Oc2cccc3[nH]cc(CCN(C)C)c23)cc1OC. The van der Waals surface area contributed by atoms with Crippen molar-refractivity contribution in [3.8, 4) is 17.2 Å². The van der Waals surface area contributed by atoms with Crippen molar-refractivity contribution in [1.29, 1.82) is 0 Å². The molecule has 3 aromatic rings. The molecule has 0 fully saturated rings. The molecule has 0 amide bonds. The fourth-order valence-corrected chi connectivity index (χ4v) is 2.97. The van der Waals surface area contributed by atoms with Gasteiger partial charge < -0.3 is 24.1 Å². The van der Waals surface area contributed by atoms with E-state index in [4.69, 9.17) is 14.2 Å². The number of benzene rings is 2. The molecule has 1 aromatic heterocycles. The molecule has 27 heavy (non-hydrogen) atoms. The summed E-state index contributed by atoms with van der Waals surface area (Å²) in [6.45, 7) is 0.908. The smallest absolute Gasteiger partial charge is 0.343 e. The van der Waals surface area contributed by atoms with Crippen LogP contribution in [0.1, 0.15) is 15.9 Å². The standard InChI is InChI=1S/C21H24N2O4/c1-23(2)11-10-15-13-22-16-6-5-7-18(20(15)16)27-21(24)14-8-9-17(25-3)19(12-14)26-4/h5-9,12-13,22H,10-11H2,1-4H3. The van der Waals surface area contributed by atoms with Crippen molar-refractivity contribution in [3.05, 3.63) is 53.7 Å².